The number of pyridine rings is 1. The summed E-state index contributed by atoms with van der Waals surface area (Å²) >= 11 is 0. The molecule has 7 heteroatoms. The number of ether oxygens (including phenoxy) is 1. The number of sulfonamides is 1. The number of H-pyrrole nitrogens is 1. The van der Waals surface area contributed by atoms with Gasteiger partial charge in [-0.3, -0.25) is 4.79 Å². The minimum atomic E-state index is -3.84. The Labute approximate surface area is 113 Å². The third kappa shape index (κ3) is 4.45. The fourth-order valence-corrected chi connectivity index (χ4v) is 2.90. The molecule has 1 aromatic heterocycles. The first-order valence-corrected chi connectivity index (χ1v) is 7.64. The third-order valence-corrected chi connectivity index (χ3v) is 4.20. The number of aromatic amines is 1. The zero-order valence-corrected chi connectivity index (χ0v) is 12.2. The zero-order chi connectivity index (χ0) is 14.5. The van der Waals surface area contributed by atoms with E-state index in [1.165, 1.54) is 18.5 Å². The summed E-state index contributed by atoms with van der Waals surface area (Å²) in [6, 6.07) is 0.811. The molecule has 0 bridgehead atoms. The van der Waals surface area contributed by atoms with E-state index >= 15 is 0 Å². The highest BCUT2D eigenvalue weighted by Gasteiger charge is 2.24. The van der Waals surface area contributed by atoms with E-state index in [0.717, 1.165) is 0 Å². The van der Waals surface area contributed by atoms with Crippen molar-refractivity contribution in [2.45, 2.75) is 31.7 Å². The lowest BCUT2D eigenvalue weighted by molar-refractivity contribution is 0.116. The molecule has 0 spiro atoms. The van der Waals surface area contributed by atoms with Gasteiger partial charge in [0.15, 0.2) is 0 Å². The van der Waals surface area contributed by atoms with Crippen LogP contribution in [0.5, 0.6) is 0 Å². The van der Waals surface area contributed by atoms with E-state index in [0.29, 0.717) is 6.61 Å². The number of hydrogen-bond donors (Lipinski definition) is 2. The molecule has 0 saturated carbocycles. The minimum Gasteiger partial charge on any atom is -0.380 e. The second-order valence-electron chi connectivity index (χ2n) is 4.50. The van der Waals surface area contributed by atoms with E-state index in [4.69, 9.17) is 4.74 Å². The lowest BCUT2D eigenvalue weighted by Crippen LogP contribution is -2.43. The summed E-state index contributed by atoms with van der Waals surface area (Å²) < 4.78 is 32.1. The predicted octanol–water partition coefficient (Wildman–Crippen LogP) is 0.714. The molecule has 6 nitrogen and oxygen atoms in total. The molecule has 1 rings (SSSR count). The van der Waals surface area contributed by atoms with Crippen molar-refractivity contribution >= 4 is 10.0 Å². The monoisotopic (exact) mass is 288 g/mol. The average molecular weight is 288 g/mol. The van der Waals surface area contributed by atoms with Gasteiger partial charge < -0.3 is 9.72 Å². The fraction of sp³-hybridized carbons (Fsp3) is 0.583. The van der Waals surface area contributed by atoms with Gasteiger partial charge >= 0.3 is 0 Å². The van der Waals surface area contributed by atoms with Gasteiger partial charge in [-0.15, -0.1) is 0 Å². The number of aromatic nitrogens is 1. The lowest BCUT2D eigenvalue weighted by Gasteiger charge is -2.21. The van der Waals surface area contributed by atoms with Gasteiger partial charge in [-0.1, -0.05) is 13.8 Å². The van der Waals surface area contributed by atoms with Crippen molar-refractivity contribution < 1.29 is 13.2 Å². The van der Waals surface area contributed by atoms with Crippen molar-refractivity contribution in [3.63, 3.8) is 0 Å². The molecule has 0 amide bonds. The van der Waals surface area contributed by atoms with Crippen LogP contribution in [0.2, 0.25) is 0 Å². The summed E-state index contributed by atoms with van der Waals surface area (Å²) in [5.41, 5.74) is -0.537. The van der Waals surface area contributed by atoms with Gasteiger partial charge in [0.05, 0.1) is 6.61 Å². The number of nitrogens with one attached hydrogen (secondary N) is 2. The van der Waals surface area contributed by atoms with E-state index in [-0.39, 0.29) is 23.5 Å². The van der Waals surface area contributed by atoms with Crippen molar-refractivity contribution in [2.75, 3.05) is 13.2 Å². The molecule has 0 fully saturated rings. The van der Waals surface area contributed by atoms with E-state index in [9.17, 15) is 13.2 Å². The third-order valence-electron chi connectivity index (χ3n) is 2.69. The summed E-state index contributed by atoms with van der Waals surface area (Å²) in [6.45, 7) is 6.41. The first-order chi connectivity index (χ1) is 8.88. The molecular weight excluding hydrogens is 268 g/mol. The van der Waals surface area contributed by atoms with Gasteiger partial charge in [-0.05, 0) is 12.8 Å². The normalized spacial score (nSPS) is 13.7. The summed E-state index contributed by atoms with van der Waals surface area (Å²) in [5, 5.41) is 0. The highest BCUT2D eigenvalue weighted by atomic mass is 32.2. The van der Waals surface area contributed by atoms with Crippen LogP contribution >= 0.6 is 0 Å². The summed E-state index contributed by atoms with van der Waals surface area (Å²) in [7, 11) is -3.84. The second-order valence-corrected chi connectivity index (χ2v) is 6.19. The topological polar surface area (TPSA) is 88.3 Å². The maximum absolute atomic E-state index is 12.1. The van der Waals surface area contributed by atoms with Crippen molar-refractivity contribution in [3.8, 4) is 0 Å². The van der Waals surface area contributed by atoms with Crippen LogP contribution in [0.1, 0.15) is 20.8 Å². The van der Waals surface area contributed by atoms with Crippen LogP contribution in [0.25, 0.3) is 0 Å². The Kier molecular flexibility index (Phi) is 5.71. The minimum absolute atomic E-state index is 0.0594. The van der Waals surface area contributed by atoms with Gasteiger partial charge in [0.2, 0.25) is 15.5 Å². The van der Waals surface area contributed by atoms with Crippen LogP contribution in [0.15, 0.2) is 28.2 Å². The molecule has 1 atom stereocenters. The van der Waals surface area contributed by atoms with Gasteiger partial charge in [-0.2, -0.15) is 0 Å². The Morgan fingerprint density at radius 3 is 2.63 bits per heavy atom. The molecular formula is C12H20N2O4S. The van der Waals surface area contributed by atoms with Crippen LogP contribution in [0.3, 0.4) is 0 Å². The van der Waals surface area contributed by atoms with E-state index in [2.05, 4.69) is 9.71 Å². The van der Waals surface area contributed by atoms with Crippen molar-refractivity contribution in [1.82, 2.24) is 9.71 Å². The van der Waals surface area contributed by atoms with Crippen LogP contribution in [-0.2, 0) is 14.8 Å². The quantitative estimate of drug-likeness (QED) is 0.773. The highest BCUT2D eigenvalue weighted by molar-refractivity contribution is 7.89. The molecule has 0 aliphatic carbocycles. The number of rotatable bonds is 7. The Bertz CT molecular complexity index is 551. The van der Waals surface area contributed by atoms with Crippen LogP contribution in [0, 0.1) is 5.92 Å². The van der Waals surface area contributed by atoms with Gasteiger partial charge in [0, 0.05) is 31.1 Å². The first-order valence-electron chi connectivity index (χ1n) is 6.15. The van der Waals surface area contributed by atoms with Crippen LogP contribution in [0.4, 0.5) is 0 Å². The first kappa shape index (κ1) is 15.9. The van der Waals surface area contributed by atoms with E-state index in [1.54, 1.807) is 0 Å². The second kappa shape index (κ2) is 6.83. The summed E-state index contributed by atoms with van der Waals surface area (Å²) in [5.74, 6) is 0.0594. The lowest BCUT2D eigenvalue weighted by atomic mass is 10.1. The molecule has 1 unspecified atom stereocenters. The SMILES string of the molecule is CCOCC(NS(=O)(=O)c1c[nH]ccc1=O)C(C)C. The number of hydrogen-bond acceptors (Lipinski definition) is 4. The van der Waals surface area contributed by atoms with Gasteiger partial charge in [0.1, 0.15) is 4.90 Å². The predicted molar refractivity (Wildman–Crippen MR) is 72.5 cm³/mol. The Hall–Kier alpha value is -1.18. The maximum Gasteiger partial charge on any atom is 0.246 e. The van der Waals surface area contributed by atoms with Crippen molar-refractivity contribution in [2.24, 2.45) is 5.92 Å². The molecule has 108 valence electrons. The molecule has 1 heterocycles. The maximum atomic E-state index is 12.1. The molecule has 0 saturated heterocycles. The standard InChI is InChI=1S/C12H20N2O4S/c1-4-18-8-10(9(2)3)14-19(16,17)12-7-13-6-5-11(12)15/h5-7,9-10,14H,4,8H2,1-3H3,(H,13,15). The van der Waals surface area contributed by atoms with Crippen molar-refractivity contribution in [3.05, 3.63) is 28.7 Å². The van der Waals surface area contributed by atoms with E-state index < -0.39 is 15.5 Å². The molecule has 0 aliphatic rings. The smallest absolute Gasteiger partial charge is 0.246 e. The molecule has 0 radical (unpaired) electrons. The summed E-state index contributed by atoms with van der Waals surface area (Å²) in [4.78, 5) is 13.9. The van der Waals surface area contributed by atoms with Gasteiger partial charge in [0.25, 0.3) is 0 Å². The zero-order valence-electron chi connectivity index (χ0n) is 11.3. The largest absolute Gasteiger partial charge is 0.380 e. The highest BCUT2D eigenvalue weighted by Crippen LogP contribution is 2.08. The molecule has 0 aliphatic heterocycles. The molecule has 0 aromatic carbocycles. The Balaban J connectivity index is 2.95. The fourth-order valence-electron chi connectivity index (χ4n) is 1.48. The van der Waals surface area contributed by atoms with Crippen molar-refractivity contribution in [1.29, 1.82) is 0 Å². The summed E-state index contributed by atoms with van der Waals surface area (Å²) in [6.07, 6.45) is 2.57. The Morgan fingerprint density at radius 1 is 1.42 bits per heavy atom. The molecule has 2 N–H and O–H groups in total. The molecule has 1 aromatic rings. The average Bonchev–Trinajstić information content (AvgIpc) is 2.34. The van der Waals surface area contributed by atoms with Gasteiger partial charge in [-0.25, -0.2) is 13.1 Å². The molecule has 19 heavy (non-hydrogen) atoms. The van der Waals surface area contributed by atoms with Crippen LogP contribution in [-0.4, -0.2) is 32.7 Å². The van der Waals surface area contributed by atoms with Crippen LogP contribution < -0.4 is 10.2 Å². The Morgan fingerprint density at radius 2 is 2.11 bits per heavy atom. The van der Waals surface area contributed by atoms with E-state index in [1.807, 2.05) is 20.8 Å².